The van der Waals surface area contributed by atoms with Crippen LogP contribution in [0.15, 0.2) is 40.6 Å². The van der Waals surface area contributed by atoms with Crippen LogP contribution in [-0.2, 0) is 21.4 Å². The first-order valence-electron chi connectivity index (χ1n) is 7.26. The smallest absolute Gasteiger partial charge is 0.241 e. The van der Waals surface area contributed by atoms with E-state index in [4.69, 9.17) is 11.6 Å². The minimum Gasteiger partial charge on any atom is -0.339 e. The van der Waals surface area contributed by atoms with Crippen molar-refractivity contribution in [1.29, 1.82) is 0 Å². The highest BCUT2D eigenvalue weighted by Crippen LogP contribution is 2.18. The van der Waals surface area contributed by atoms with E-state index in [1.165, 1.54) is 36.1 Å². The minimum atomic E-state index is -3.78. The fraction of sp³-hybridized carbons (Fsp3) is 0.312. The zero-order valence-corrected chi connectivity index (χ0v) is 16.0. The summed E-state index contributed by atoms with van der Waals surface area (Å²) in [7, 11) is -2.12. The lowest BCUT2D eigenvalue weighted by Gasteiger charge is -2.22. The van der Waals surface area contributed by atoms with Crippen molar-refractivity contribution >= 4 is 38.9 Å². The molecule has 0 aliphatic carbocycles. The molecule has 8 heteroatoms. The van der Waals surface area contributed by atoms with E-state index in [-0.39, 0.29) is 10.8 Å². The Bertz CT molecular complexity index is 816. The topological polar surface area (TPSA) is 66.5 Å². The first-order chi connectivity index (χ1) is 11.2. The second-order valence-electron chi connectivity index (χ2n) is 5.52. The molecule has 1 heterocycles. The van der Waals surface area contributed by atoms with Crippen molar-refractivity contribution < 1.29 is 13.2 Å². The van der Waals surface area contributed by atoms with Crippen LogP contribution in [-0.4, -0.2) is 32.3 Å². The van der Waals surface area contributed by atoms with Gasteiger partial charge < -0.3 is 4.90 Å². The summed E-state index contributed by atoms with van der Waals surface area (Å²) < 4.78 is 27.1. The van der Waals surface area contributed by atoms with Crippen LogP contribution >= 0.6 is 22.9 Å². The van der Waals surface area contributed by atoms with E-state index in [0.29, 0.717) is 11.6 Å². The van der Waals surface area contributed by atoms with Crippen LogP contribution < -0.4 is 4.72 Å². The summed E-state index contributed by atoms with van der Waals surface area (Å²) in [5, 5.41) is 2.42. The Labute approximate surface area is 151 Å². The Kier molecular flexibility index (Phi) is 6.03. The third-order valence-electron chi connectivity index (χ3n) is 3.55. The first-order valence-corrected chi connectivity index (χ1v) is 10.0. The van der Waals surface area contributed by atoms with Gasteiger partial charge in [0.2, 0.25) is 15.9 Å². The first kappa shape index (κ1) is 18.9. The van der Waals surface area contributed by atoms with Crippen molar-refractivity contribution in [1.82, 2.24) is 9.62 Å². The van der Waals surface area contributed by atoms with E-state index >= 15 is 0 Å². The Balaban J connectivity index is 2.05. The molecule has 2 aromatic rings. The SMILES string of the molecule is Cc1ccsc1CN(C)C(=O)[C@H](C)NS(=O)(=O)c1ccc(Cl)cc1. The summed E-state index contributed by atoms with van der Waals surface area (Å²) in [6.07, 6.45) is 0. The van der Waals surface area contributed by atoms with Gasteiger partial charge in [-0.2, -0.15) is 4.72 Å². The Morgan fingerprint density at radius 1 is 1.29 bits per heavy atom. The second-order valence-corrected chi connectivity index (χ2v) is 8.67. The van der Waals surface area contributed by atoms with Gasteiger partial charge in [-0.05, 0) is 55.1 Å². The lowest BCUT2D eigenvalue weighted by Crippen LogP contribution is -2.45. The molecule has 0 fully saturated rings. The molecule has 1 aromatic carbocycles. The zero-order valence-electron chi connectivity index (χ0n) is 13.6. The number of nitrogens with zero attached hydrogens (tertiary/aromatic N) is 1. The van der Waals surface area contributed by atoms with E-state index in [1.807, 2.05) is 18.4 Å². The zero-order chi connectivity index (χ0) is 17.9. The highest BCUT2D eigenvalue weighted by atomic mass is 35.5. The fourth-order valence-corrected chi connectivity index (χ4v) is 4.44. The van der Waals surface area contributed by atoms with E-state index in [9.17, 15) is 13.2 Å². The Hall–Kier alpha value is -1.41. The maximum Gasteiger partial charge on any atom is 0.241 e. The average molecular weight is 387 g/mol. The van der Waals surface area contributed by atoms with Gasteiger partial charge in [-0.25, -0.2) is 8.42 Å². The Morgan fingerprint density at radius 2 is 1.92 bits per heavy atom. The molecule has 0 aliphatic rings. The van der Waals surface area contributed by atoms with Gasteiger partial charge in [0.1, 0.15) is 0 Å². The number of benzene rings is 1. The van der Waals surface area contributed by atoms with Gasteiger partial charge in [-0.3, -0.25) is 4.79 Å². The molecule has 0 unspecified atom stereocenters. The molecule has 24 heavy (non-hydrogen) atoms. The molecule has 0 saturated heterocycles. The highest BCUT2D eigenvalue weighted by molar-refractivity contribution is 7.89. The number of sulfonamides is 1. The number of likely N-dealkylation sites (N-methyl/N-ethyl adjacent to an activating group) is 1. The van der Waals surface area contributed by atoms with E-state index in [0.717, 1.165) is 10.4 Å². The van der Waals surface area contributed by atoms with E-state index in [2.05, 4.69) is 4.72 Å². The predicted octanol–water partition coefficient (Wildman–Crippen LogP) is 3.04. The molecule has 1 aromatic heterocycles. The monoisotopic (exact) mass is 386 g/mol. The number of halogens is 1. The second kappa shape index (κ2) is 7.65. The number of aryl methyl sites for hydroxylation is 1. The summed E-state index contributed by atoms with van der Waals surface area (Å²) >= 11 is 7.34. The van der Waals surface area contributed by atoms with Gasteiger partial charge in [-0.1, -0.05) is 11.6 Å². The molecule has 1 amide bonds. The molecule has 0 saturated carbocycles. The van der Waals surface area contributed by atoms with Gasteiger partial charge in [0.05, 0.1) is 17.5 Å². The molecule has 130 valence electrons. The maximum absolute atomic E-state index is 12.4. The molecule has 0 aliphatic heterocycles. The molecule has 2 rings (SSSR count). The number of carbonyl (C=O) groups excluding carboxylic acids is 1. The summed E-state index contributed by atoms with van der Waals surface area (Å²) in [6.45, 7) is 3.97. The van der Waals surface area contributed by atoms with Crippen molar-refractivity contribution in [3.63, 3.8) is 0 Å². The summed E-state index contributed by atoms with van der Waals surface area (Å²) in [4.78, 5) is 15.1. The van der Waals surface area contributed by atoms with Gasteiger partial charge in [-0.15, -0.1) is 11.3 Å². The molecule has 0 bridgehead atoms. The van der Waals surface area contributed by atoms with E-state index < -0.39 is 16.1 Å². The van der Waals surface area contributed by atoms with Crippen LogP contribution in [0, 0.1) is 6.92 Å². The number of hydrogen-bond donors (Lipinski definition) is 1. The number of thiophene rings is 1. The third kappa shape index (κ3) is 4.57. The number of hydrogen-bond acceptors (Lipinski definition) is 4. The molecular weight excluding hydrogens is 368 g/mol. The van der Waals surface area contributed by atoms with Crippen LogP contribution in [0.25, 0.3) is 0 Å². The van der Waals surface area contributed by atoms with Crippen molar-refractivity contribution in [2.45, 2.75) is 31.3 Å². The maximum atomic E-state index is 12.4. The Morgan fingerprint density at radius 3 is 2.46 bits per heavy atom. The molecule has 1 N–H and O–H groups in total. The summed E-state index contributed by atoms with van der Waals surface area (Å²) in [6, 6.07) is 6.92. The summed E-state index contributed by atoms with van der Waals surface area (Å²) in [5.74, 6) is -0.291. The van der Waals surface area contributed by atoms with Crippen LogP contribution in [0.1, 0.15) is 17.4 Å². The fourth-order valence-electron chi connectivity index (χ4n) is 2.15. The van der Waals surface area contributed by atoms with Crippen LogP contribution in [0.5, 0.6) is 0 Å². The molecule has 1 atom stereocenters. The molecule has 0 spiro atoms. The van der Waals surface area contributed by atoms with Crippen molar-refractivity contribution in [2.24, 2.45) is 0 Å². The number of amides is 1. The van der Waals surface area contributed by atoms with Crippen molar-refractivity contribution in [2.75, 3.05) is 7.05 Å². The standard InChI is InChI=1S/C16H19ClN2O3S2/c1-11-8-9-23-15(11)10-19(3)16(20)12(2)18-24(21,22)14-6-4-13(17)5-7-14/h4-9,12,18H,10H2,1-3H3/t12-/m0/s1. The predicted molar refractivity (Wildman–Crippen MR) is 96.8 cm³/mol. The molecular formula is C16H19ClN2O3S2. The number of rotatable bonds is 6. The number of carbonyl (C=O) groups is 1. The van der Waals surface area contributed by atoms with Crippen molar-refractivity contribution in [3.05, 3.63) is 51.2 Å². The van der Waals surface area contributed by atoms with Gasteiger partial charge in [0, 0.05) is 16.9 Å². The lowest BCUT2D eigenvalue weighted by molar-refractivity contribution is -0.131. The average Bonchev–Trinajstić information content (AvgIpc) is 2.91. The van der Waals surface area contributed by atoms with Crippen LogP contribution in [0.2, 0.25) is 5.02 Å². The minimum absolute atomic E-state index is 0.0725. The lowest BCUT2D eigenvalue weighted by atomic mass is 10.2. The summed E-state index contributed by atoms with van der Waals surface area (Å²) in [5.41, 5.74) is 1.12. The van der Waals surface area contributed by atoms with E-state index in [1.54, 1.807) is 18.4 Å². The normalized spacial score (nSPS) is 12.8. The largest absolute Gasteiger partial charge is 0.339 e. The van der Waals surface area contributed by atoms with Gasteiger partial charge >= 0.3 is 0 Å². The van der Waals surface area contributed by atoms with Gasteiger partial charge in [0.15, 0.2) is 0 Å². The van der Waals surface area contributed by atoms with Gasteiger partial charge in [0.25, 0.3) is 0 Å². The van der Waals surface area contributed by atoms with Crippen LogP contribution in [0.3, 0.4) is 0 Å². The van der Waals surface area contributed by atoms with Crippen LogP contribution in [0.4, 0.5) is 0 Å². The molecule has 0 radical (unpaired) electrons. The highest BCUT2D eigenvalue weighted by Gasteiger charge is 2.24. The number of nitrogens with one attached hydrogen (secondary N) is 1. The van der Waals surface area contributed by atoms with Crippen molar-refractivity contribution in [3.8, 4) is 0 Å². The third-order valence-corrected chi connectivity index (χ3v) is 6.37. The quantitative estimate of drug-likeness (QED) is 0.829. The molecule has 5 nitrogen and oxygen atoms in total.